The number of thiazole rings is 1. The van der Waals surface area contributed by atoms with E-state index in [4.69, 9.17) is 16.3 Å². The van der Waals surface area contributed by atoms with Crippen LogP contribution in [-0.4, -0.2) is 28.0 Å². The minimum absolute atomic E-state index is 0.116. The highest BCUT2D eigenvalue weighted by molar-refractivity contribution is 8.18. The van der Waals surface area contributed by atoms with Crippen LogP contribution in [0.4, 0.5) is 5.13 Å². The van der Waals surface area contributed by atoms with E-state index in [1.165, 1.54) is 23.1 Å². The van der Waals surface area contributed by atoms with Gasteiger partial charge < -0.3 is 4.74 Å². The fraction of sp³-hybridized carbons (Fsp3) is 0.0741. The van der Waals surface area contributed by atoms with E-state index < -0.39 is 0 Å². The molecule has 35 heavy (non-hydrogen) atoms. The minimum Gasteiger partial charge on any atom is -0.488 e. The molecule has 1 amide bonds. The summed E-state index contributed by atoms with van der Waals surface area (Å²) in [7, 11) is 1.72. The Bertz CT molecular complexity index is 1430. The first kappa shape index (κ1) is 23.4. The molecule has 0 atom stereocenters. The minimum atomic E-state index is -0.116. The number of hydrogen-bond donors (Lipinski definition) is 0. The predicted octanol–water partition coefficient (Wildman–Crippen LogP) is 7.28. The Morgan fingerprint density at radius 2 is 1.77 bits per heavy atom. The van der Waals surface area contributed by atoms with Crippen molar-refractivity contribution in [2.75, 3.05) is 7.05 Å². The number of likely N-dealkylation sites (N-methyl/N-ethyl adjacent to an activating group) is 1. The van der Waals surface area contributed by atoms with Crippen molar-refractivity contribution in [3.8, 4) is 17.0 Å². The molecule has 0 radical (unpaired) electrons. The summed E-state index contributed by atoms with van der Waals surface area (Å²) in [5, 5.41) is 3.82. The van der Waals surface area contributed by atoms with Gasteiger partial charge >= 0.3 is 0 Å². The van der Waals surface area contributed by atoms with Crippen LogP contribution in [0.5, 0.6) is 5.75 Å². The van der Waals surface area contributed by atoms with Crippen molar-refractivity contribution in [3.05, 3.63) is 105 Å². The van der Waals surface area contributed by atoms with Crippen LogP contribution in [-0.2, 0) is 11.4 Å². The number of aliphatic imine (C=N–C) groups is 1. The standard InChI is InChI=1S/C27H20ClN3O2S2/c1-31-25(32)24(35-27(31)30-26-29-22(17-34-26)18-9-3-2-4-10-18)15-19-11-6-8-14-23(19)33-16-20-12-5-7-13-21(20)28/h2-15,17H,16H2,1H3/b24-15-,30-27+. The number of amides is 1. The molecule has 0 bridgehead atoms. The lowest BCUT2D eigenvalue weighted by Gasteiger charge is -2.10. The van der Waals surface area contributed by atoms with Gasteiger partial charge in [0.2, 0.25) is 5.13 Å². The summed E-state index contributed by atoms with van der Waals surface area (Å²) < 4.78 is 6.04. The molecule has 1 aromatic heterocycles. The van der Waals surface area contributed by atoms with Gasteiger partial charge in [-0.3, -0.25) is 9.69 Å². The lowest BCUT2D eigenvalue weighted by atomic mass is 10.1. The van der Waals surface area contributed by atoms with Gasteiger partial charge in [0.05, 0.1) is 10.6 Å². The molecule has 3 aromatic carbocycles. The van der Waals surface area contributed by atoms with Crippen molar-refractivity contribution in [2.45, 2.75) is 6.61 Å². The highest BCUT2D eigenvalue weighted by atomic mass is 35.5. The van der Waals surface area contributed by atoms with Crippen molar-refractivity contribution in [3.63, 3.8) is 0 Å². The van der Waals surface area contributed by atoms with Gasteiger partial charge in [-0.05, 0) is 30.0 Å². The third kappa shape index (κ3) is 5.32. The Morgan fingerprint density at radius 1 is 1.03 bits per heavy atom. The summed E-state index contributed by atoms with van der Waals surface area (Å²) in [5.41, 5.74) is 3.61. The number of carbonyl (C=O) groups excluding carboxylic acids is 1. The zero-order valence-corrected chi connectivity index (χ0v) is 21.1. The second-order valence-corrected chi connectivity index (χ2v) is 9.92. The number of carbonyl (C=O) groups is 1. The van der Waals surface area contributed by atoms with Crippen LogP contribution >= 0.6 is 34.7 Å². The molecule has 0 saturated carbocycles. The van der Waals surface area contributed by atoms with Gasteiger partial charge in [-0.1, -0.05) is 78.3 Å². The third-order valence-corrected chi connectivity index (χ3v) is 7.47. The second kappa shape index (κ2) is 10.5. The number of benzene rings is 3. The smallest absolute Gasteiger partial charge is 0.266 e. The third-order valence-electron chi connectivity index (χ3n) is 5.30. The number of thioether (sulfide) groups is 1. The molecule has 1 fully saturated rings. The van der Waals surface area contributed by atoms with Gasteiger partial charge in [0.1, 0.15) is 12.4 Å². The summed E-state index contributed by atoms with van der Waals surface area (Å²) in [6.07, 6.45) is 1.84. The summed E-state index contributed by atoms with van der Waals surface area (Å²) in [4.78, 5) is 24.3. The topological polar surface area (TPSA) is 54.8 Å². The summed E-state index contributed by atoms with van der Waals surface area (Å²) in [5.74, 6) is 0.559. The highest BCUT2D eigenvalue weighted by Crippen LogP contribution is 2.36. The zero-order chi connectivity index (χ0) is 24.2. The van der Waals surface area contributed by atoms with Crippen molar-refractivity contribution >= 4 is 57.0 Å². The van der Waals surface area contributed by atoms with Crippen molar-refractivity contribution < 1.29 is 9.53 Å². The molecule has 174 valence electrons. The number of aromatic nitrogens is 1. The Hall–Kier alpha value is -3.39. The Morgan fingerprint density at radius 3 is 2.60 bits per heavy atom. The van der Waals surface area contributed by atoms with E-state index >= 15 is 0 Å². The maximum atomic E-state index is 13.0. The SMILES string of the molecule is CN1C(=O)/C(=C/c2ccccc2OCc2ccccc2Cl)S/C1=N/c1nc(-c2ccccc2)cs1. The molecule has 0 spiro atoms. The average Bonchev–Trinajstić information content (AvgIpc) is 3.46. The van der Waals surface area contributed by atoms with Crippen LogP contribution < -0.4 is 4.74 Å². The molecular weight excluding hydrogens is 498 g/mol. The summed E-state index contributed by atoms with van der Waals surface area (Å²) >= 11 is 9.03. The molecule has 1 aliphatic rings. The number of ether oxygens (including phenoxy) is 1. The molecule has 0 N–H and O–H groups in total. The maximum absolute atomic E-state index is 13.0. The van der Waals surface area contributed by atoms with Gasteiger partial charge in [0.25, 0.3) is 5.91 Å². The lowest BCUT2D eigenvalue weighted by molar-refractivity contribution is -0.121. The monoisotopic (exact) mass is 517 g/mol. The highest BCUT2D eigenvalue weighted by Gasteiger charge is 2.31. The predicted molar refractivity (Wildman–Crippen MR) is 145 cm³/mol. The van der Waals surface area contributed by atoms with E-state index in [2.05, 4.69) is 9.98 Å². The first-order valence-electron chi connectivity index (χ1n) is 10.8. The molecule has 2 heterocycles. The molecule has 1 aliphatic heterocycles. The quantitative estimate of drug-likeness (QED) is 0.252. The molecule has 5 nitrogen and oxygen atoms in total. The van der Waals surface area contributed by atoms with Crippen LogP contribution in [0.2, 0.25) is 5.02 Å². The fourth-order valence-corrected chi connectivity index (χ4v) is 5.34. The summed E-state index contributed by atoms with van der Waals surface area (Å²) in [6.45, 7) is 0.335. The lowest BCUT2D eigenvalue weighted by Crippen LogP contribution is -2.23. The number of rotatable bonds is 6. The number of hydrogen-bond acceptors (Lipinski definition) is 6. The van der Waals surface area contributed by atoms with Crippen LogP contribution in [0, 0.1) is 0 Å². The van der Waals surface area contributed by atoms with E-state index in [1.807, 2.05) is 90.3 Å². The molecular formula is C27H20ClN3O2S2. The largest absolute Gasteiger partial charge is 0.488 e. The average molecular weight is 518 g/mol. The first-order chi connectivity index (χ1) is 17.1. The fourth-order valence-electron chi connectivity index (χ4n) is 3.43. The first-order valence-corrected chi connectivity index (χ1v) is 12.9. The van der Waals surface area contributed by atoms with Crippen LogP contribution in [0.15, 0.2) is 94.1 Å². The van der Waals surface area contributed by atoms with Crippen molar-refractivity contribution in [1.82, 2.24) is 9.88 Å². The number of amidine groups is 1. The normalized spacial score (nSPS) is 15.8. The van der Waals surface area contributed by atoms with E-state index in [0.717, 1.165) is 22.4 Å². The van der Waals surface area contributed by atoms with E-state index in [0.29, 0.717) is 32.6 Å². The number of halogens is 1. The van der Waals surface area contributed by atoms with Gasteiger partial charge in [-0.25, -0.2) is 4.98 Å². The zero-order valence-electron chi connectivity index (χ0n) is 18.7. The molecule has 0 aliphatic carbocycles. The van der Waals surface area contributed by atoms with Crippen LogP contribution in [0.1, 0.15) is 11.1 Å². The van der Waals surface area contributed by atoms with E-state index in [-0.39, 0.29) is 5.91 Å². The molecule has 0 unspecified atom stereocenters. The van der Waals surface area contributed by atoms with Crippen LogP contribution in [0.25, 0.3) is 17.3 Å². The summed E-state index contributed by atoms with van der Waals surface area (Å²) in [6, 6.07) is 25.2. The molecule has 8 heteroatoms. The van der Waals surface area contributed by atoms with Gasteiger partial charge in [0, 0.05) is 34.1 Å². The van der Waals surface area contributed by atoms with Gasteiger partial charge in [-0.2, -0.15) is 4.99 Å². The van der Waals surface area contributed by atoms with Crippen molar-refractivity contribution in [2.24, 2.45) is 4.99 Å². The Labute approximate surface area is 216 Å². The number of para-hydroxylation sites is 1. The second-order valence-electron chi connectivity index (χ2n) is 7.67. The van der Waals surface area contributed by atoms with E-state index in [1.54, 1.807) is 11.9 Å². The molecule has 1 saturated heterocycles. The van der Waals surface area contributed by atoms with Gasteiger partial charge in [-0.15, -0.1) is 11.3 Å². The van der Waals surface area contributed by atoms with Gasteiger partial charge in [0.15, 0.2) is 5.17 Å². The van der Waals surface area contributed by atoms with Crippen molar-refractivity contribution in [1.29, 1.82) is 0 Å². The molecule has 4 aromatic rings. The molecule has 5 rings (SSSR count). The maximum Gasteiger partial charge on any atom is 0.266 e. The Kier molecular flexibility index (Phi) is 6.99. The van der Waals surface area contributed by atoms with E-state index in [9.17, 15) is 4.79 Å². The Balaban J connectivity index is 1.36. The number of nitrogens with zero attached hydrogens (tertiary/aromatic N) is 3. The van der Waals surface area contributed by atoms with Crippen LogP contribution in [0.3, 0.4) is 0 Å².